The number of nitrogens with zero attached hydrogens (tertiary/aromatic N) is 1. The number of nitrogens with one attached hydrogen (secondary N) is 1. The van der Waals surface area contributed by atoms with Gasteiger partial charge in [0.15, 0.2) is 0 Å². The minimum atomic E-state index is -3.12. The summed E-state index contributed by atoms with van der Waals surface area (Å²) in [5, 5.41) is 3.74. The molecule has 0 atom stereocenters. The van der Waals surface area contributed by atoms with E-state index in [0.717, 1.165) is 32.1 Å². The lowest BCUT2D eigenvalue weighted by Gasteiger charge is -2.42. The molecule has 4 rings (SSSR count). The Bertz CT molecular complexity index is 858. The lowest BCUT2D eigenvalue weighted by molar-refractivity contribution is 0.0871. The zero-order chi connectivity index (χ0) is 19.9. The van der Waals surface area contributed by atoms with Crippen molar-refractivity contribution < 1.29 is 13.2 Å². The van der Waals surface area contributed by atoms with Crippen molar-refractivity contribution in [3.63, 3.8) is 0 Å². The summed E-state index contributed by atoms with van der Waals surface area (Å²) >= 11 is 12.1. The van der Waals surface area contributed by atoms with Gasteiger partial charge in [-0.2, -0.15) is 0 Å². The highest BCUT2D eigenvalue weighted by molar-refractivity contribution is 7.90. The van der Waals surface area contributed by atoms with E-state index in [2.05, 4.69) is 5.32 Å². The zero-order valence-electron chi connectivity index (χ0n) is 15.8. The van der Waals surface area contributed by atoms with Crippen LogP contribution in [0.1, 0.15) is 55.3 Å². The van der Waals surface area contributed by atoms with Gasteiger partial charge in [-0.15, -0.1) is 0 Å². The van der Waals surface area contributed by atoms with Gasteiger partial charge in [0.1, 0.15) is 0 Å². The maximum absolute atomic E-state index is 12.6. The van der Waals surface area contributed by atoms with Crippen molar-refractivity contribution in [2.75, 3.05) is 19.6 Å². The van der Waals surface area contributed by atoms with Crippen LogP contribution in [0.5, 0.6) is 0 Å². The van der Waals surface area contributed by atoms with Crippen molar-refractivity contribution in [3.05, 3.63) is 33.8 Å². The van der Waals surface area contributed by atoms with Gasteiger partial charge in [-0.25, -0.2) is 12.7 Å². The maximum atomic E-state index is 12.6. The lowest BCUT2D eigenvalue weighted by atomic mass is 9.74. The van der Waals surface area contributed by atoms with Crippen molar-refractivity contribution in [3.8, 4) is 0 Å². The Morgan fingerprint density at radius 3 is 2.39 bits per heavy atom. The highest BCUT2D eigenvalue weighted by atomic mass is 35.5. The van der Waals surface area contributed by atoms with E-state index in [1.807, 2.05) is 0 Å². The quantitative estimate of drug-likeness (QED) is 0.687. The second kappa shape index (κ2) is 7.78. The van der Waals surface area contributed by atoms with Gasteiger partial charge >= 0.3 is 0 Å². The number of carbonyl (C=O) groups is 1. The normalized spacial score (nSPS) is 22.8. The molecule has 154 valence electrons. The summed E-state index contributed by atoms with van der Waals surface area (Å²) in [6, 6.07) is 4.86. The number of hydrogen-bond donors (Lipinski definition) is 1. The van der Waals surface area contributed by atoms with E-state index < -0.39 is 10.0 Å². The SMILES string of the molecule is O=C(NCC1(CC2CC2)CCN(S(=O)(=O)C2CC2)CC1)c1ccc(Cl)cc1Cl. The van der Waals surface area contributed by atoms with Crippen LogP contribution in [0, 0.1) is 11.3 Å². The van der Waals surface area contributed by atoms with Crippen LogP contribution in [-0.2, 0) is 10.0 Å². The Morgan fingerprint density at radius 2 is 1.82 bits per heavy atom. The molecule has 3 aliphatic rings. The van der Waals surface area contributed by atoms with Crippen LogP contribution >= 0.6 is 23.2 Å². The lowest BCUT2D eigenvalue weighted by Crippen LogP contribution is -2.48. The fourth-order valence-electron chi connectivity index (χ4n) is 4.22. The van der Waals surface area contributed by atoms with Crippen molar-refractivity contribution in [2.45, 2.75) is 50.2 Å². The Morgan fingerprint density at radius 1 is 1.14 bits per heavy atom. The van der Waals surface area contributed by atoms with E-state index >= 15 is 0 Å². The van der Waals surface area contributed by atoms with Gasteiger partial charge in [0.05, 0.1) is 15.8 Å². The van der Waals surface area contributed by atoms with E-state index in [1.165, 1.54) is 12.8 Å². The molecule has 1 aliphatic heterocycles. The van der Waals surface area contributed by atoms with Gasteiger partial charge in [0.2, 0.25) is 10.0 Å². The third kappa shape index (κ3) is 4.50. The molecule has 1 aromatic rings. The summed E-state index contributed by atoms with van der Waals surface area (Å²) in [4.78, 5) is 12.6. The summed E-state index contributed by atoms with van der Waals surface area (Å²) in [5.74, 6) is 0.507. The molecule has 2 saturated carbocycles. The molecular weight excluding hydrogens is 419 g/mol. The summed E-state index contributed by atoms with van der Waals surface area (Å²) in [6.07, 6.45) is 6.71. The van der Waals surface area contributed by atoms with Crippen LogP contribution in [0.15, 0.2) is 18.2 Å². The number of amides is 1. The van der Waals surface area contributed by atoms with Gasteiger partial charge in [-0.1, -0.05) is 36.0 Å². The first-order valence-electron chi connectivity index (χ1n) is 10.0. The number of rotatable bonds is 7. The molecule has 0 bridgehead atoms. The van der Waals surface area contributed by atoms with Crippen LogP contribution in [0.2, 0.25) is 10.0 Å². The summed E-state index contributed by atoms with van der Waals surface area (Å²) in [6.45, 7) is 1.67. The zero-order valence-corrected chi connectivity index (χ0v) is 18.1. The van der Waals surface area contributed by atoms with E-state index in [9.17, 15) is 13.2 Å². The van der Waals surface area contributed by atoms with Gasteiger partial charge in [-0.05, 0) is 61.6 Å². The highest BCUT2D eigenvalue weighted by Crippen LogP contribution is 2.46. The molecule has 8 heteroatoms. The molecule has 1 aromatic carbocycles. The number of benzene rings is 1. The summed E-state index contributed by atoms with van der Waals surface area (Å²) in [7, 11) is -3.12. The largest absolute Gasteiger partial charge is 0.351 e. The second-order valence-corrected chi connectivity index (χ2v) is 11.7. The monoisotopic (exact) mass is 444 g/mol. The van der Waals surface area contributed by atoms with Crippen molar-refractivity contribution in [1.29, 1.82) is 0 Å². The van der Waals surface area contributed by atoms with Crippen LogP contribution < -0.4 is 5.32 Å². The van der Waals surface area contributed by atoms with Crippen LogP contribution in [-0.4, -0.2) is 43.5 Å². The molecule has 1 N–H and O–H groups in total. The van der Waals surface area contributed by atoms with Crippen LogP contribution in [0.3, 0.4) is 0 Å². The van der Waals surface area contributed by atoms with Gasteiger partial charge < -0.3 is 5.32 Å². The van der Waals surface area contributed by atoms with Gasteiger partial charge in [-0.3, -0.25) is 4.79 Å². The number of halogens is 2. The first-order chi connectivity index (χ1) is 13.3. The first-order valence-corrected chi connectivity index (χ1v) is 12.3. The Labute approximate surface area is 176 Å². The number of carbonyl (C=O) groups excluding carboxylic acids is 1. The van der Waals surface area contributed by atoms with Crippen LogP contribution in [0.4, 0.5) is 0 Å². The molecular formula is C20H26Cl2N2O3S. The number of hydrogen-bond acceptors (Lipinski definition) is 3. The summed E-state index contributed by atoms with van der Waals surface area (Å²) in [5.41, 5.74) is 0.382. The molecule has 0 spiro atoms. The van der Waals surface area contributed by atoms with Crippen molar-refractivity contribution in [2.24, 2.45) is 11.3 Å². The topological polar surface area (TPSA) is 66.5 Å². The van der Waals surface area contributed by atoms with E-state index in [4.69, 9.17) is 23.2 Å². The second-order valence-electron chi connectivity index (χ2n) is 8.60. The fourth-order valence-corrected chi connectivity index (χ4v) is 6.56. The minimum absolute atomic E-state index is 0.0364. The Hall–Kier alpha value is -0.820. The van der Waals surface area contributed by atoms with E-state index in [-0.39, 0.29) is 16.6 Å². The molecule has 1 saturated heterocycles. The number of sulfonamides is 1. The average Bonchev–Trinajstić information content (AvgIpc) is 3.53. The first kappa shape index (κ1) is 20.5. The van der Waals surface area contributed by atoms with E-state index in [0.29, 0.717) is 41.2 Å². The maximum Gasteiger partial charge on any atom is 0.252 e. The third-order valence-corrected chi connectivity index (χ3v) is 9.25. The van der Waals surface area contributed by atoms with Crippen molar-refractivity contribution in [1.82, 2.24) is 9.62 Å². The molecule has 3 fully saturated rings. The third-order valence-electron chi connectivity index (χ3n) is 6.31. The summed E-state index contributed by atoms with van der Waals surface area (Å²) < 4.78 is 26.8. The molecule has 0 unspecified atom stereocenters. The Kier molecular flexibility index (Phi) is 5.69. The molecule has 28 heavy (non-hydrogen) atoms. The molecule has 1 heterocycles. The van der Waals surface area contributed by atoms with Crippen LogP contribution in [0.25, 0.3) is 0 Å². The van der Waals surface area contributed by atoms with Gasteiger partial charge in [0, 0.05) is 24.7 Å². The predicted molar refractivity (Wildman–Crippen MR) is 111 cm³/mol. The predicted octanol–water partition coefficient (Wildman–Crippen LogP) is 4.10. The smallest absolute Gasteiger partial charge is 0.252 e. The average molecular weight is 445 g/mol. The van der Waals surface area contributed by atoms with Gasteiger partial charge in [0.25, 0.3) is 5.91 Å². The standard InChI is InChI=1S/C20H26Cl2N2O3S/c21-15-3-6-17(18(22)11-15)19(25)23-13-20(12-14-1-2-14)7-9-24(10-8-20)28(26,27)16-4-5-16/h3,6,11,14,16H,1-2,4-5,7-10,12-13H2,(H,23,25). The molecule has 0 radical (unpaired) electrons. The molecule has 0 aromatic heterocycles. The van der Waals surface area contributed by atoms with Crippen molar-refractivity contribution >= 4 is 39.1 Å². The Balaban J connectivity index is 1.41. The van der Waals surface area contributed by atoms with E-state index in [1.54, 1.807) is 22.5 Å². The molecule has 5 nitrogen and oxygen atoms in total. The molecule has 1 amide bonds. The fraction of sp³-hybridized carbons (Fsp3) is 0.650. The molecule has 2 aliphatic carbocycles. The highest BCUT2D eigenvalue weighted by Gasteiger charge is 2.45. The number of piperidine rings is 1. The minimum Gasteiger partial charge on any atom is -0.351 e.